The molecule has 0 aromatic heterocycles. The first kappa shape index (κ1) is 11.2. The zero-order valence-corrected chi connectivity index (χ0v) is 9.94. The van der Waals surface area contributed by atoms with E-state index in [9.17, 15) is 4.79 Å². The molecular weight excluding hydrogens is 198 g/mol. The van der Waals surface area contributed by atoms with Crippen molar-refractivity contribution in [3.05, 3.63) is 35.9 Å². The highest BCUT2D eigenvalue weighted by Crippen LogP contribution is 2.31. The lowest BCUT2D eigenvalue weighted by atomic mass is 9.87. The van der Waals surface area contributed by atoms with E-state index in [0.717, 1.165) is 6.42 Å². The minimum absolute atomic E-state index is 0.194. The normalized spacial score (nSPS) is 24.8. The van der Waals surface area contributed by atoms with Gasteiger partial charge in [0.15, 0.2) is 0 Å². The van der Waals surface area contributed by atoms with Crippen LogP contribution in [0.4, 0.5) is 0 Å². The summed E-state index contributed by atoms with van der Waals surface area (Å²) in [4.78, 5) is 11.5. The molecule has 2 heteroatoms. The van der Waals surface area contributed by atoms with Gasteiger partial charge >= 0.3 is 0 Å². The van der Waals surface area contributed by atoms with Gasteiger partial charge in [-0.2, -0.15) is 0 Å². The summed E-state index contributed by atoms with van der Waals surface area (Å²) >= 11 is 0. The van der Waals surface area contributed by atoms with Crippen LogP contribution in [0.2, 0.25) is 0 Å². The van der Waals surface area contributed by atoms with Crippen molar-refractivity contribution >= 4 is 5.91 Å². The minimum Gasteiger partial charge on any atom is -0.353 e. The Kier molecular flexibility index (Phi) is 3.28. The van der Waals surface area contributed by atoms with Crippen LogP contribution in [0, 0.1) is 5.92 Å². The quantitative estimate of drug-likeness (QED) is 0.828. The maximum absolute atomic E-state index is 11.5. The number of amides is 1. The maximum atomic E-state index is 11.5. The molecule has 1 amide bonds. The Morgan fingerprint density at radius 2 is 2.00 bits per heavy atom. The monoisotopic (exact) mass is 217 g/mol. The lowest BCUT2D eigenvalue weighted by molar-refractivity contribution is -0.119. The second-order valence-electron chi connectivity index (χ2n) is 5.02. The summed E-state index contributed by atoms with van der Waals surface area (Å²) in [6, 6.07) is 10.7. The first-order valence-electron chi connectivity index (χ1n) is 6.01. The van der Waals surface area contributed by atoms with Gasteiger partial charge in [-0.3, -0.25) is 4.79 Å². The summed E-state index contributed by atoms with van der Waals surface area (Å²) in [7, 11) is 0. The molecule has 2 nitrogen and oxygen atoms in total. The molecule has 1 N–H and O–H groups in total. The maximum Gasteiger partial charge on any atom is 0.220 e. The second kappa shape index (κ2) is 4.69. The average molecular weight is 217 g/mol. The van der Waals surface area contributed by atoms with Crippen LogP contribution >= 0.6 is 0 Å². The smallest absolute Gasteiger partial charge is 0.220 e. The lowest BCUT2D eigenvalue weighted by Crippen LogP contribution is -2.29. The number of carbonyl (C=O) groups excluding carboxylic acids is 1. The Morgan fingerprint density at radius 1 is 1.31 bits per heavy atom. The largest absolute Gasteiger partial charge is 0.353 e. The summed E-state index contributed by atoms with van der Waals surface area (Å²) < 4.78 is 0. The predicted octanol–water partition coefficient (Wildman–Crippen LogP) is 2.70. The number of hydrogen-bond acceptors (Lipinski definition) is 1. The van der Waals surface area contributed by atoms with Gasteiger partial charge in [-0.15, -0.1) is 0 Å². The van der Waals surface area contributed by atoms with Gasteiger partial charge in [0, 0.05) is 18.4 Å². The third-order valence-corrected chi connectivity index (χ3v) is 3.19. The number of benzene rings is 1. The Hall–Kier alpha value is -1.31. The van der Waals surface area contributed by atoms with Gasteiger partial charge in [0.05, 0.1) is 0 Å². The molecule has 1 heterocycles. The van der Waals surface area contributed by atoms with Gasteiger partial charge in [0.1, 0.15) is 0 Å². The summed E-state index contributed by atoms with van der Waals surface area (Å²) in [6.07, 6.45) is 1.70. The molecule has 1 aromatic carbocycles. The molecule has 16 heavy (non-hydrogen) atoms. The SMILES string of the molecule is CC(C)CC1NC(=O)CC1c1ccccc1. The van der Waals surface area contributed by atoms with Crippen molar-refractivity contribution in [2.75, 3.05) is 0 Å². The number of nitrogens with one attached hydrogen (secondary N) is 1. The average Bonchev–Trinajstić information content (AvgIpc) is 2.60. The van der Waals surface area contributed by atoms with Crippen molar-refractivity contribution in [3.63, 3.8) is 0 Å². The van der Waals surface area contributed by atoms with Gasteiger partial charge in [-0.25, -0.2) is 0 Å². The van der Waals surface area contributed by atoms with Crippen LogP contribution in [0.3, 0.4) is 0 Å². The fraction of sp³-hybridized carbons (Fsp3) is 0.500. The summed E-state index contributed by atoms with van der Waals surface area (Å²) in [5.41, 5.74) is 1.28. The van der Waals surface area contributed by atoms with E-state index < -0.39 is 0 Å². The first-order chi connectivity index (χ1) is 7.66. The van der Waals surface area contributed by atoms with Crippen LogP contribution < -0.4 is 5.32 Å². The standard InChI is InChI=1S/C14H19NO/c1-10(2)8-13-12(9-14(16)15-13)11-6-4-3-5-7-11/h3-7,10,12-13H,8-9H2,1-2H3,(H,15,16). The Bertz CT molecular complexity index is 358. The van der Waals surface area contributed by atoms with Crippen molar-refractivity contribution in [3.8, 4) is 0 Å². The van der Waals surface area contributed by atoms with Crippen molar-refractivity contribution in [2.45, 2.75) is 38.6 Å². The highest BCUT2D eigenvalue weighted by atomic mass is 16.2. The van der Waals surface area contributed by atoms with E-state index >= 15 is 0 Å². The number of carbonyl (C=O) groups is 1. The summed E-state index contributed by atoms with van der Waals surface area (Å²) in [5.74, 6) is 1.17. The molecule has 0 bridgehead atoms. The molecule has 2 unspecified atom stereocenters. The molecule has 2 rings (SSSR count). The third-order valence-electron chi connectivity index (χ3n) is 3.19. The van der Waals surface area contributed by atoms with E-state index in [-0.39, 0.29) is 5.91 Å². The second-order valence-corrected chi connectivity index (χ2v) is 5.02. The zero-order chi connectivity index (χ0) is 11.5. The Balaban J connectivity index is 2.16. The highest BCUT2D eigenvalue weighted by Gasteiger charge is 2.33. The molecule has 0 saturated carbocycles. The van der Waals surface area contributed by atoms with Gasteiger partial charge in [-0.1, -0.05) is 44.2 Å². The molecule has 0 spiro atoms. The van der Waals surface area contributed by atoms with Crippen molar-refractivity contribution in [1.29, 1.82) is 0 Å². The summed E-state index contributed by atoms with van der Waals surface area (Å²) in [5, 5.41) is 3.09. The van der Waals surface area contributed by atoms with E-state index in [4.69, 9.17) is 0 Å². The molecule has 86 valence electrons. The van der Waals surface area contributed by atoms with Crippen LogP contribution in [0.15, 0.2) is 30.3 Å². The van der Waals surface area contributed by atoms with Crippen LogP contribution in [-0.4, -0.2) is 11.9 Å². The van der Waals surface area contributed by atoms with Gasteiger partial charge in [0.25, 0.3) is 0 Å². The predicted molar refractivity (Wildman–Crippen MR) is 65.2 cm³/mol. The van der Waals surface area contributed by atoms with Gasteiger partial charge in [-0.05, 0) is 17.9 Å². The van der Waals surface area contributed by atoms with Crippen LogP contribution in [-0.2, 0) is 4.79 Å². The minimum atomic E-state index is 0.194. The number of hydrogen-bond donors (Lipinski definition) is 1. The molecule has 0 radical (unpaired) electrons. The molecule has 1 aliphatic rings. The first-order valence-corrected chi connectivity index (χ1v) is 6.01. The lowest BCUT2D eigenvalue weighted by Gasteiger charge is -2.20. The van der Waals surface area contributed by atoms with E-state index in [1.165, 1.54) is 5.56 Å². The van der Waals surface area contributed by atoms with E-state index in [1.54, 1.807) is 0 Å². The molecule has 1 aliphatic heterocycles. The fourth-order valence-electron chi connectivity index (χ4n) is 2.49. The van der Waals surface area contributed by atoms with E-state index in [2.05, 4.69) is 31.3 Å². The van der Waals surface area contributed by atoms with Crippen LogP contribution in [0.5, 0.6) is 0 Å². The van der Waals surface area contributed by atoms with Crippen LogP contribution in [0.1, 0.15) is 38.2 Å². The number of rotatable bonds is 3. The fourth-order valence-corrected chi connectivity index (χ4v) is 2.49. The molecule has 0 aliphatic carbocycles. The Labute approximate surface area is 97.1 Å². The molecule has 1 aromatic rings. The van der Waals surface area contributed by atoms with Gasteiger partial charge in [0.2, 0.25) is 5.91 Å². The third kappa shape index (κ3) is 2.43. The molecular formula is C14H19NO. The topological polar surface area (TPSA) is 29.1 Å². The van der Waals surface area contributed by atoms with Crippen molar-refractivity contribution in [1.82, 2.24) is 5.32 Å². The van der Waals surface area contributed by atoms with Gasteiger partial charge < -0.3 is 5.32 Å². The van der Waals surface area contributed by atoms with E-state index in [1.807, 2.05) is 18.2 Å². The molecule has 1 saturated heterocycles. The van der Waals surface area contributed by atoms with Crippen LogP contribution in [0.25, 0.3) is 0 Å². The van der Waals surface area contributed by atoms with Crippen molar-refractivity contribution in [2.24, 2.45) is 5.92 Å². The Morgan fingerprint density at radius 3 is 2.62 bits per heavy atom. The zero-order valence-electron chi connectivity index (χ0n) is 9.94. The van der Waals surface area contributed by atoms with Crippen molar-refractivity contribution < 1.29 is 4.79 Å². The molecule has 2 atom stereocenters. The van der Waals surface area contributed by atoms with E-state index in [0.29, 0.717) is 24.3 Å². The molecule has 1 fully saturated rings. The highest BCUT2D eigenvalue weighted by molar-refractivity contribution is 5.80. The summed E-state index contributed by atoms with van der Waals surface area (Å²) in [6.45, 7) is 4.40.